The molecule has 1 saturated heterocycles. The molecule has 0 spiro atoms. The molecule has 0 radical (unpaired) electrons. The highest BCUT2D eigenvalue weighted by Crippen LogP contribution is 2.15. The highest BCUT2D eigenvalue weighted by Gasteiger charge is 2.21. The smallest absolute Gasteiger partial charge is 0.343 e. The summed E-state index contributed by atoms with van der Waals surface area (Å²) >= 11 is 0. The Hall–Kier alpha value is -3.84. The Morgan fingerprint density at radius 3 is 2.90 bits per heavy atom. The van der Waals surface area contributed by atoms with E-state index in [9.17, 15) is 14.4 Å². The largest absolute Gasteiger partial charge is 0.354 e. The van der Waals surface area contributed by atoms with Crippen molar-refractivity contribution < 1.29 is 9.59 Å². The van der Waals surface area contributed by atoms with E-state index in [1.54, 1.807) is 17.3 Å². The zero-order chi connectivity index (χ0) is 20.2. The molecule has 1 aliphatic rings. The average molecular weight is 401 g/mol. The average Bonchev–Trinajstić information content (AvgIpc) is 3.35. The fourth-order valence-corrected chi connectivity index (χ4v) is 3.10. The molecule has 29 heavy (non-hydrogen) atoms. The summed E-state index contributed by atoms with van der Waals surface area (Å²) < 4.78 is 2.69. The number of nitrogens with zero attached hydrogens (tertiary/aromatic N) is 9. The Bertz CT molecular complexity index is 1070. The zero-order valence-electron chi connectivity index (χ0n) is 15.4. The number of rotatable bonds is 3. The van der Waals surface area contributed by atoms with Crippen LogP contribution in [0.4, 0.5) is 5.82 Å². The van der Waals surface area contributed by atoms with Gasteiger partial charge < -0.3 is 15.1 Å². The third-order valence-electron chi connectivity index (χ3n) is 4.63. The van der Waals surface area contributed by atoms with Gasteiger partial charge in [-0.3, -0.25) is 14.2 Å². The molecule has 0 aliphatic carbocycles. The van der Waals surface area contributed by atoms with Crippen molar-refractivity contribution in [2.75, 3.05) is 37.6 Å². The molecule has 0 saturated carbocycles. The van der Waals surface area contributed by atoms with Gasteiger partial charge in [-0.2, -0.15) is 9.61 Å². The molecule has 3 aromatic rings. The molecule has 14 heteroatoms. The van der Waals surface area contributed by atoms with Crippen LogP contribution in [0.1, 0.15) is 6.42 Å². The van der Waals surface area contributed by atoms with E-state index in [1.807, 2.05) is 4.90 Å². The number of nitrogens with one attached hydrogen (secondary N) is 2. The summed E-state index contributed by atoms with van der Waals surface area (Å²) in [4.78, 5) is 44.3. The van der Waals surface area contributed by atoms with E-state index in [0.29, 0.717) is 37.6 Å². The summed E-state index contributed by atoms with van der Waals surface area (Å²) in [6.45, 7) is 1.81. The molecule has 0 bridgehead atoms. The lowest BCUT2D eigenvalue weighted by molar-refractivity contribution is -0.132. The summed E-state index contributed by atoms with van der Waals surface area (Å²) in [6, 6.07) is 0. The van der Waals surface area contributed by atoms with Crippen molar-refractivity contribution in [3.8, 4) is 0 Å². The van der Waals surface area contributed by atoms with Crippen LogP contribution >= 0.6 is 0 Å². The van der Waals surface area contributed by atoms with Crippen LogP contribution in [0.15, 0.2) is 23.5 Å². The number of fused-ring (bicyclic) bond motifs is 1. The summed E-state index contributed by atoms with van der Waals surface area (Å²) in [5, 5.41) is 20.2. The van der Waals surface area contributed by atoms with Crippen molar-refractivity contribution in [1.82, 2.24) is 50.0 Å². The number of hydrogen-bond acceptors (Lipinski definition) is 9. The standard InChI is InChI=1S/C15H19N11O3/c27-11-1-4-23(12(28)9-25-10-18-20-15(25)29)7-8-24(5-2-16-11)13-14-19-21-22-26(14)6-3-17-13/h3,6,10H,1-2,4-5,7-9H2,(H,16,27)(H,20,29). The van der Waals surface area contributed by atoms with Crippen molar-refractivity contribution in [1.29, 1.82) is 0 Å². The minimum absolute atomic E-state index is 0.152. The van der Waals surface area contributed by atoms with Crippen LogP contribution in [0.3, 0.4) is 0 Å². The fraction of sp³-hybridized carbons (Fsp3) is 0.467. The Kier molecular flexibility index (Phi) is 5.13. The predicted octanol–water partition coefficient (Wildman–Crippen LogP) is -2.74. The second kappa shape index (κ2) is 8.04. The molecule has 0 aromatic carbocycles. The minimum atomic E-state index is -0.464. The fourth-order valence-electron chi connectivity index (χ4n) is 3.10. The first-order valence-corrected chi connectivity index (χ1v) is 9.04. The number of carbonyl (C=O) groups is 2. The van der Waals surface area contributed by atoms with Crippen LogP contribution < -0.4 is 15.9 Å². The third kappa shape index (κ3) is 4.04. The Morgan fingerprint density at radius 2 is 2.07 bits per heavy atom. The van der Waals surface area contributed by atoms with Gasteiger partial charge in [-0.15, -0.1) is 5.10 Å². The van der Waals surface area contributed by atoms with Gasteiger partial charge in [0.2, 0.25) is 17.5 Å². The molecule has 1 aliphatic heterocycles. The maximum Gasteiger partial charge on any atom is 0.343 e. The maximum absolute atomic E-state index is 12.7. The van der Waals surface area contributed by atoms with E-state index < -0.39 is 5.69 Å². The van der Waals surface area contributed by atoms with Crippen molar-refractivity contribution in [3.63, 3.8) is 0 Å². The molecule has 3 aromatic heterocycles. The van der Waals surface area contributed by atoms with Gasteiger partial charge in [0.05, 0.1) is 6.20 Å². The van der Waals surface area contributed by atoms with Gasteiger partial charge in [-0.25, -0.2) is 14.9 Å². The summed E-state index contributed by atoms with van der Waals surface area (Å²) in [6.07, 6.45) is 4.68. The number of hydrogen-bond donors (Lipinski definition) is 2. The summed E-state index contributed by atoms with van der Waals surface area (Å²) in [7, 11) is 0. The molecule has 2 N–H and O–H groups in total. The van der Waals surface area contributed by atoms with Gasteiger partial charge in [0, 0.05) is 45.3 Å². The molecular formula is C15H19N11O3. The number of anilines is 1. The van der Waals surface area contributed by atoms with Crippen LogP contribution in [0, 0.1) is 0 Å². The molecule has 4 rings (SSSR count). The van der Waals surface area contributed by atoms with Crippen molar-refractivity contribution in [2.45, 2.75) is 13.0 Å². The Balaban J connectivity index is 1.54. The lowest BCUT2D eigenvalue weighted by Crippen LogP contribution is -2.46. The molecule has 1 fully saturated rings. The number of H-pyrrole nitrogens is 1. The molecule has 0 unspecified atom stereocenters. The topological polar surface area (TPSA) is 159 Å². The number of carbonyl (C=O) groups excluding carboxylic acids is 2. The molecule has 152 valence electrons. The number of amides is 2. The van der Waals surface area contributed by atoms with Gasteiger partial charge in [0.25, 0.3) is 0 Å². The maximum atomic E-state index is 12.7. The molecule has 14 nitrogen and oxygen atoms in total. The first-order chi connectivity index (χ1) is 14.1. The molecular weight excluding hydrogens is 382 g/mol. The Morgan fingerprint density at radius 1 is 1.17 bits per heavy atom. The van der Waals surface area contributed by atoms with Gasteiger partial charge in [0.1, 0.15) is 12.9 Å². The number of aromatic amines is 1. The predicted molar refractivity (Wildman–Crippen MR) is 97.8 cm³/mol. The number of aromatic nitrogens is 8. The quantitative estimate of drug-likeness (QED) is 0.474. The van der Waals surface area contributed by atoms with Crippen LogP contribution in [-0.2, 0) is 16.1 Å². The third-order valence-corrected chi connectivity index (χ3v) is 4.63. The first-order valence-electron chi connectivity index (χ1n) is 9.04. The minimum Gasteiger partial charge on any atom is -0.354 e. The monoisotopic (exact) mass is 401 g/mol. The van der Waals surface area contributed by atoms with Gasteiger partial charge in [0.15, 0.2) is 5.82 Å². The lowest BCUT2D eigenvalue weighted by atomic mass is 10.3. The summed E-state index contributed by atoms with van der Waals surface area (Å²) in [5.74, 6) is 0.128. The van der Waals surface area contributed by atoms with E-state index in [0.717, 1.165) is 0 Å². The van der Waals surface area contributed by atoms with Crippen molar-refractivity contribution in [3.05, 3.63) is 29.2 Å². The van der Waals surface area contributed by atoms with Gasteiger partial charge >= 0.3 is 5.69 Å². The molecule has 0 atom stereocenters. The second-order valence-corrected chi connectivity index (χ2v) is 6.46. The number of tetrazole rings is 1. The van der Waals surface area contributed by atoms with Crippen LogP contribution in [0.2, 0.25) is 0 Å². The zero-order valence-corrected chi connectivity index (χ0v) is 15.4. The van der Waals surface area contributed by atoms with Gasteiger partial charge in [-0.1, -0.05) is 0 Å². The molecule has 2 amide bonds. The van der Waals surface area contributed by atoms with Crippen LogP contribution in [-0.4, -0.2) is 89.2 Å². The molecule has 4 heterocycles. The van der Waals surface area contributed by atoms with E-state index in [4.69, 9.17) is 0 Å². The van der Waals surface area contributed by atoms with E-state index in [-0.39, 0.29) is 31.3 Å². The van der Waals surface area contributed by atoms with Crippen LogP contribution in [0.25, 0.3) is 5.65 Å². The van der Waals surface area contributed by atoms with Crippen LogP contribution in [0.5, 0.6) is 0 Å². The van der Waals surface area contributed by atoms with E-state index in [1.165, 1.54) is 15.4 Å². The van der Waals surface area contributed by atoms with Crippen molar-refractivity contribution >= 4 is 23.3 Å². The normalized spacial score (nSPS) is 16.1. The highest BCUT2D eigenvalue weighted by atomic mass is 16.2. The highest BCUT2D eigenvalue weighted by molar-refractivity contribution is 5.79. The second-order valence-electron chi connectivity index (χ2n) is 6.46. The summed E-state index contributed by atoms with van der Waals surface area (Å²) in [5.41, 5.74) is 0.0210. The Labute approximate surface area is 163 Å². The first kappa shape index (κ1) is 18.5. The van der Waals surface area contributed by atoms with E-state index >= 15 is 0 Å². The van der Waals surface area contributed by atoms with Gasteiger partial charge in [-0.05, 0) is 10.4 Å². The SMILES string of the molecule is O=C1CCN(C(=O)Cn2cn[nH]c2=O)CCN(c2nccn3nnnc23)CCN1. The lowest BCUT2D eigenvalue weighted by Gasteiger charge is -2.30. The van der Waals surface area contributed by atoms with E-state index in [2.05, 4.69) is 36.0 Å². The van der Waals surface area contributed by atoms with Crippen molar-refractivity contribution in [2.24, 2.45) is 0 Å².